The molecule has 0 saturated heterocycles. The fraction of sp³-hybridized carbons (Fsp3) is 0.250. The Morgan fingerprint density at radius 1 is 1.00 bits per heavy atom. The molecule has 7 nitrogen and oxygen atoms in total. The number of benzene rings is 2. The van der Waals surface area contributed by atoms with Gasteiger partial charge in [0, 0.05) is 10.8 Å². The molecule has 0 spiro atoms. The van der Waals surface area contributed by atoms with E-state index >= 15 is 0 Å². The number of nitrogens with one attached hydrogen (secondary N) is 1. The largest absolute Gasteiger partial charge is 0.493 e. The zero-order chi connectivity index (χ0) is 19.8. The van der Waals surface area contributed by atoms with Crippen LogP contribution in [0.25, 0.3) is 16.4 Å². The molecule has 0 amide bonds. The zero-order valence-electron chi connectivity index (χ0n) is 16.0. The number of anilines is 1. The normalized spacial score (nSPS) is 12.3. The van der Waals surface area contributed by atoms with Gasteiger partial charge in [-0.1, -0.05) is 12.1 Å². The first-order valence-electron chi connectivity index (χ1n) is 8.81. The van der Waals surface area contributed by atoms with Crippen LogP contribution >= 0.6 is 0 Å². The highest BCUT2D eigenvalue weighted by Gasteiger charge is 2.18. The van der Waals surface area contributed by atoms with E-state index in [2.05, 4.69) is 20.6 Å². The van der Waals surface area contributed by atoms with E-state index in [0.717, 1.165) is 16.3 Å². The van der Waals surface area contributed by atoms with Crippen LogP contribution in [0.15, 0.2) is 36.4 Å². The van der Waals surface area contributed by atoms with Crippen LogP contribution in [-0.2, 0) is 0 Å². The third-order valence-corrected chi connectivity index (χ3v) is 4.74. The van der Waals surface area contributed by atoms with Gasteiger partial charge < -0.3 is 14.8 Å². The van der Waals surface area contributed by atoms with E-state index in [0.29, 0.717) is 28.8 Å². The van der Waals surface area contributed by atoms with E-state index in [9.17, 15) is 4.39 Å². The summed E-state index contributed by atoms with van der Waals surface area (Å²) in [6, 6.07) is 10.0. The Morgan fingerprint density at radius 2 is 1.64 bits per heavy atom. The highest BCUT2D eigenvalue weighted by Crippen LogP contribution is 2.37. The summed E-state index contributed by atoms with van der Waals surface area (Å²) < 4.78 is 25.8. The van der Waals surface area contributed by atoms with Crippen LogP contribution in [0, 0.1) is 12.7 Å². The SMILES string of the molecule is COc1cc2c(NC(C)c3ccc(F)cc3)nn3c(C)nnc3c2cc1OC. The van der Waals surface area contributed by atoms with Crippen LogP contribution in [0.5, 0.6) is 11.5 Å². The Balaban J connectivity index is 1.89. The van der Waals surface area contributed by atoms with Crippen molar-refractivity contribution in [3.05, 3.63) is 53.6 Å². The molecule has 1 unspecified atom stereocenters. The van der Waals surface area contributed by atoms with Crippen LogP contribution in [0.3, 0.4) is 0 Å². The molecule has 4 rings (SSSR count). The van der Waals surface area contributed by atoms with Crippen molar-refractivity contribution in [1.82, 2.24) is 19.8 Å². The Hall–Kier alpha value is -3.42. The minimum Gasteiger partial charge on any atom is -0.493 e. The molecular formula is C20H20FN5O2. The number of ether oxygens (including phenoxy) is 2. The second-order valence-corrected chi connectivity index (χ2v) is 6.50. The molecule has 2 aromatic heterocycles. The summed E-state index contributed by atoms with van der Waals surface area (Å²) in [5, 5.41) is 18.2. The molecule has 144 valence electrons. The molecule has 0 aliphatic rings. The average Bonchev–Trinajstić information content (AvgIpc) is 3.08. The minimum atomic E-state index is -0.266. The Morgan fingerprint density at radius 3 is 2.29 bits per heavy atom. The van der Waals surface area contributed by atoms with Crippen molar-refractivity contribution in [2.45, 2.75) is 19.9 Å². The molecule has 0 fully saturated rings. The van der Waals surface area contributed by atoms with Gasteiger partial charge >= 0.3 is 0 Å². The van der Waals surface area contributed by atoms with Crippen LogP contribution in [-0.4, -0.2) is 34.0 Å². The molecule has 1 atom stereocenters. The van der Waals surface area contributed by atoms with E-state index in [1.807, 2.05) is 26.0 Å². The number of hydrogen-bond donors (Lipinski definition) is 1. The molecule has 1 N–H and O–H groups in total. The third kappa shape index (κ3) is 2.96. The van der Waals surface area contributed by atoms with E-state index in [1.54, 1.807) is 30.9 Å². The maximum atomic E-state index is 13.2. The summed E-state index contributed by atoms with van der Waals surface area (Å²) in [4.78, 5) is 0. The van der Waals surface area contributed by atoms with Gasteiger partial charge in [0.1, 0.15) is 5.82 Å². The summed E-state index contributed by atoms with van der Waals surface area (Å²) in [5.41, 5.74) is 1.57. The number of methoxy groups -OCH3 is 2. The Labute approximate surface area is 161 Å². The predicted molar refractivity (Wildman–Crippen MR) is 105 cm³/mol. The number of halogens is 1. The molecule has 0 bridgehead atoms. The smallest absolute Gasteiger partial charge is 0.185 e. The number of aromatic nitrogens is 4. The monoisotopic (exact) mass is 381 g/mol. The summed E-state index contributed by atoms with van der Waals surface area (Å²) in [6.07, 6.45) is 0. The first-order valence-corrected chi connectivity index (χ1v) is 8.81. The molecule has 2 aromatic carbocycles. The highest BCUT2D eigenvalue weighted by molar-refractivity contribution is 6.02. The zero-order valence-corrected chi connectivity index (χ0v) is 16.0. The van der Waals surface area contributed by atoms with Gasteiger partial charge in [-0.25, -0.2) is 4.39 Å². The van der Waals surface area contributed by atoms with Crippen LogP contribution in [0.4, 0.5) is 10.2 Å². The van der Waals surface area contributed by atoms with Crippen molar-refractivity contribution in [3.8, 4) is 11.5 Å². The number of aryl methyl sites for hydroxylation is 1. The summed E-state index contributed by atoms with van der Waals surface area (Å²) in [5.74, 6) is 2.24. The number of fused-ring (bicyclic) bond motifs is 3. The fourth-order valence-electron chi connectivity index (χ4n) is 3.21. The van der Waals surface area contributed by atoms with Crippen molar-refractivity contribution in [2.24, 2.45) is 0 Å². The van der Waals surface area contributed by atoms with Gasteiger partial charge in [-0.2, -0.15) is 4.52 Å². The topological polar surface area (TPSA) is 73.6 Å². The van der Waals surface area contributed by atoms with Crippen LogP contribution in [0.2, 0.25) is 0 Å². The molecule has 0 radical (unpaired) electrons. The maximum Gasteiger partial charge on any atom is 0.185 e. The highest BCUT2D eigenvalue weighted by atomic mass is 19.1. The second-order valence-electron chi connectivity index (χ2n) is 6.50. The molecule has 8 heteroatoms. The van der Waals surface area contributed by atoms with Crippen molar-refractivity contribution in [2.75, 3.05) is 19.5 Å². The molecule has 28 heavy (non-hydrogen) atoms. The molecule has 0 saturated carbocycles. The number of hydrogen-bond acceptors (Lipinski definition) is 6. The van der Waals surface area contributed by atoms with E-state index in [-0.39, 0.29) is 11.9 Å². The first kappa shape index (κ1) is 18.0. The molecule has 0 aliphatic heterocycles. The van der Waals surface area contributed by atoms with Gasteiger partial charge in [-0.15, -0.1) is 15.3 Å². The van der Waals surface area contributed by atoms with Gasteiger partial charge in [-0.05, 0) is 43.7 Å². The van der Waals surface area contributed by atoms with E-state index in [1.165, 1.54) is 12.1 Å². The predicted octanol–water partition coefficient (Wildman–Crippen LogP) is 3.92. The molecular weight excluding hydrogens is 361 g/mol. The lowest BCUT2D eigenvalue weighted by molar-refractivity contribution is 0.356. The Bertz CT molecular complexity index is 1160. The van der Waals surface area contributed by atoms with E-state index < -0.39 is 0 Å². The van der Waals surface area contributed by atoms with Gasteiger partial charge in [0.05, 0.1) is 20.3 Å². The molecule has 0 aliphatic carbocycles. The summed E-state index contributed by atoms with van der Waals surface area (Å²) >= 11 is 0. The quantitative estimate of drug-likeness (QED) is 0.565. The second kappa shape index (κ2) is 6.95. The molecule has 4 aromatic rings. The third-order valence-electron chi connectivity index (χ3n) is 4.74. The fourth-order valence-corrected chi connectivity index (χ4v) is 3.21. The van der Waals surface area contributed by atoms with Crippen molar-refractivity contribution in [1.29, 1.82) is 0 Å². The van der Waals surface area contributed by atoms with Gasteiger partial charge in [0.15, 0.2) is 28.8 Å². The lowest BCUT2D eigenvalue weighted by atomic mass is 10.1. The van der Waals surface area contributed by atoms with E-state index in [4.69, 9.17) is 9.47 Å². The number of nitrogens with zero attached hydrogens (tertiary/aromatic N) is 4. The van der Waals surface area contributed by atoms with Crippen LogP contribution < -0.4 is 14.8 Å². The van der Waals surface area contributed by atoms with Crippen molar-refractivity contribution < 1.29 is 13.9 Å². The minimum absolute atomic E-state index is 0.0985. The number of rotatable bonds is 5. The van der Waals surface area contributed by atoms with Gasteiger partial charge in [0.2, 0.25) is 0 Å². The molecule has 2 heterocycles. The summed E-state index contributed by atoms with van der Waals surface area (Å²) in [7, 11) is 3.18. The van der Waals surface area contributed by atoms with Gasteiger partial charge in [-0.3, -0.25) is 0 Å². The lowest BCUT2D eigenvalue weighted by Gasteiger charge is -2.18. The average molecular weight is 381 g/mol. The van der Waals surface area contributed by atoms with Crippen molar-refractivity contribution in [3.63, 3.8) is 0 Å². The standard InChI is InChI=1S/C20H20FN5O2/c1-11(13-5-7-14(21)8-6-13)22-19-15-9-17(27-3)18(28-4)10-16(15)20-24-23-12(2)26(20)25-19/h5-11H,1-4H3,(H,22,25). The van der Waals surface area contributed by atoms with Crippen LogP contribution in [0.1, 0.15) is 24.4 Å². The Kier molecular flexibility index (Phi) is 4.46. The lowest BCUT2D eigenvalue weighted by Crippen LogP contribution is -2.11. The van der Waals surface area contributed by atoms with Crippen molar-refractivity contribution >= 4 is 22.2 Å². The maximum absolute atomic E-state index is 13.2. The first-order chi connectivity index (χ1) is 13.5. The van der Waals surface area contributed by atoms with Gasteiger partial charge in [0.25, 0.3) is 0 Å². The summed E-state index contributed by atoms with van der Waals surface area (Å²) in [6.45, 7) is 3.83.